The number of allylic oxidation sites excluding steroid dienone is 20. The van der Waals surface area contributed by atoms with Gasteiger partial charge in [0, 0.05) is 19.3 Å². The highest BCUT2D eigenvalue weighted by atomic mass is 16.6. The second-order valence-corrected chi connectivity index (χ2v) is 20.6. The highest BCUT2D eigenvalue weighted by Gasteiger charge is 2.19. The molecule has 0 fully saturated rings. The van der Waals surface area contributed by atoms with Gasteiger partial charge in [0.2, 0.25) is 0 Å². The predicted molar refractivity (Wildman–Crippen MR) is 330 cm³/mol. The summed E-state index contributed by atoms with van der Waals surface area (Å²) in [7, 11) is 0. The van der Waals surface area contributed by atoms with Gasteiger partial charge in [0.1, 0.15) is 13.2 Å². The molecule has 0 saturated carbocycles. The first-order valence-electron chi connectivity index (χ1n) is 31.5. The zero-order valence-electron chi connectivity index (χ0n) is 49.5. The van der Waals surface area contributed by atoms with Crippen LogP contribution in [-0.4, -0.2) is 37.2 Å². The van der Waals surface area contributed by atoms with E-state index in [1.807, 2.05) is 0 Å². The van der Waals surface area contributed by atoms with Gasteiger partial charge in [0.15, 0.2) is 6.10 Å². The summed E-state index contributed by atoms with van der Waals surface area (Å²) in [6.45, 7) is 6.47. The van der Waals surface area contributed by atoms with Gasteiger partial charge in [0.25, 0.3) is 0 Å². The van der Waals surface area contributed by atoms with Crippen LogP contribution in [0.15, 0.2) is 122 Å². The van der Waals surface area contributed by atoms with E-state index >= 15 is 0 Å². The molecule has 0 aliphatic rings. The van der Waals surface area contributed by atoms with E-state index in [-0.39, 0.29) is 31.1 Å². The van der Waals surface area contributed by atoms with Gasteiger partial charge in [-0.2, -0.15) is 0 Å². The maximum Gasteiger partial charge on any atom is 0.306 e. The first kappa shape index (κ1) is 71.8. The summed E-state index contributed by atoms with van der Waals surface area (Å²) in [5.74, 6) is -0.913. The average molecular weight is 1050 g/mol. The first-order valence-corrected chi connectivity index (χ1v) is 31.5. The molecule has 0 bridgehead atoms. The van der Waals surface area contributed by atoms with Crippen LogP contribution in [-0.2, 0) is 28.6 Å². The fourth-order valence-corrected chi connectivity index (χ4v) is 8.53. The number of hydrogen-bond acceptors (Lipinski definition) is 6. The van der Waals surface area contributed by atoms with Crippen molar-refractivity contribution in [2.24, 2.45) is 0 Å². The van der Waals surface area contributed by atoms with Gasteiger partial charge >= 0.3 is 17.9 Å². The number of rotatable bonds is 56. The van der Waals surface area contributed by atoms with Gasteiger partial charge in [-0.3, -0.25) is 14.4 Å². The maximum atomic E-state index is 12.8. The fourth-order valence-electron chi connectivity index (χ4n) is 8.53. The molecule has 0 radical (unpaired) electrons. The van der Waals surface area contributed by atoms with E-state index in [1.54, 1.807) is 0 Å². The molecule has 0 aromatic rings. The zero-order chi connectivity index (χ0) is 55.0. The molecule has 0 aliphatic heterocycles. The standard InChI is InChI=1S/C70H116O6/c1-4-7-10-13-16-18-20-22-24-26-27-28-29-30-31-32-33-34-35-36-37-38-39-40-41-42-43-44-46-47-49-51-54-57-60-63-69(72)75-66-67(65-74-68(71)62-59-56-53-15-12-9-6-3)76-70(73)64-61-58-55-52-50-48-45-25-23-21-19-17-14-11-8-5-2/h7,10,16,18,22,24,27-28,30-31,33-34,36-37,39-40,42-43,46-47,67H,4-6,8-9,11-15,17,19-21,23,25-26,29,32,35,38,41,44-45,48-66H2,1-3H3/b10-7-,18-16-,24-22-,28-27-,31-30-,34-33-,37-36-,40-39-,43-42-,47-46-. The van der Waals surface area contributed by atoms with Crippen molar-refractivity contribution >= 4 is 17.9 Å². The summed E-state index contributed by atoms with van der Waals surface area (Å²) in [5.41, 5.74) is 0. The van der Waals surface area contributed by atoms with Crippen LogP contribution in [0.1, 0.15) is 284 Å². The van der Waals surface area contributed by atoms with Crippen LogP contribution in [0.25, 0.3) is 0 Å². The molecule has 6 nitrogen and oxygen atoms in total. The summed E-state index contributed by atoms with van der Waals surface area (Å²) < 4.78 is 16.8. The first-order chi connectivity index (χ1) is 37.5. The summed E-state index contributed by atoms with van der Waals surface area (Å²) >= 11 is 0. The molecular weight excluding hydrogens is 937 g/mol. The smallest absolute Gasteiger partial charge is 0.306 e. The van der Waals surface area contributed by atoms with E-state index in [1.165, 1.54) is 109 Å². The summed E-state index contributed by atoms with van der Waals surface area (Å²) in [6, 6.07) is 0. The lowest BCUT2D eigenvalue weighted by Crippen LogP contribution is -2.30. The number of carbonyl (C=O) groups is 3. The molecular formula is C70H116O6. The molecule has 1 unspecified atom stereocenters. The number of unbranched alkanes of at least 4 members (excludes halogenated alkanes) is 25. The van der Waals surface area contributed by atoms with Crippen LogP contribution in [0.4, 0.5) is 0 Å². The van der Waals surface area contributed by atoms with Crippen molar-refractivity contribution in [2.75, 3.05) is 13.2 Å². The molecule has 76 heavy (non-hydrogen) atoms. The van der Waals surface area contributed by atoms with Gasteiger partial charge in [-0.05, 0) is 96.3 Å². The minimum Gasteiger partial charge on any atom is -0.462 e. The van der Waals surface area contributed by atoms with Crippen LogP contribution in [0.3, 0.4) is 0 Å². The summed E-state index contributed by atoms with van der Waals surface area (Å²) in [5, 5.41) is 0. The van der Waals surface area contributed by atoms with Gasteiger partial charge in [-0.25, -0.2) is 0 Å². The van der Waals surface area contributed by atoms with Crippen LogP contribution in [0, 0.1) is 0 Å². The molecule has 0 N–H and O–H groups in total. The second kappa shape index (κ2) is 63.3. The monoisotopic (exact) mass is 1050 g/mol. The molecule has 1 atom stereocenters. The third kappa shape index (κ3) is 60.7. The van der Waals surface area contributed by atoms with Gasteiger partial charge < -0.3 is 14.2 Å². The normalized spacial score (nSPS) is 12.9. The Morgan fingerprint density at radius 2 is 0.513 bits per heavy atom. The largest absolute Gasteiger partial charge is 0.462 e. The minimum absolute atomic E-state index is 0.0845. The van der Waals surface area contributed by atoms with Gasteiger partial charge in [-0.15, -0.1) is 0 Å². The van der Waals surface area contributed by atoms with E-state index in [0.717, 1.165) is 135 Å². The molecule has 0 spiro atoms. The third-order valence-electron chi connectivity index (χ3n) is 13.2. The summed E-state index contributed by atoms with van der Waals surface area (Å²) in [4.78, 5) is 38.0. The number of carbonyl (C=O) groups excluding carboxylic acids is 3. The predicted octanol–water partition coefficient (Wildman–Crippen LogP) is 21.6. The number of esters is 3. The van der Waals surface area contributed by atoms with Crippen LogP contribution < -0.4 is 0 Å². The third-order valence-corrected chi connectivity index (χ3v) is 13.2. The van der Waals surface area contributed by atoms with Crippen molar-refractivity contribution in [1.82, 2.24) is 0 Å². The molecule has 0 saturated heterocycles. The number of ether oxygens (including phenoxy) is 3. The Balaban J connectivity index is 4.18. The highest BCUT2D eigenvalue weighted by Crippen LogP contribution is 2.16. The van der Waals surface area contributed by atoms with E-state index in [2.05, 4.69) is 142 Å². The van der Waals surface area contributed by atoms with Crippen molar-refractivity contribution in [3.63, 3.8) is 0 Å². The molecule has 0 rings (SSSR count). The Morgan fingerprint density at radius 1 is 0.276 bits per heavy atom. The molecule has 432 valence electrons. The quantitative estimate of drug-likeness (QED) is 0.0261. The van der Waals surface area contributed by atoms with Crippen LogP contribution >= 0.6 is 0 Å². The molecule has 0 heterocycles. The van der Waals surface area contributed by atoms with Crippen molar-refractivity contribution in [2.45, 2.75) is 290 Å². The average Bonchev–Trinajstić information content (AvgIpc) is 3.42. The molecule has 0 aromatic carbocycles. The molecule has 0 amide bonds. The lowest BCUT2D eigenvalue weighted by molar-refractivity contribution is -0.167. The van der Waals surface area contributed by atoms with Crippen molar-refractivity contribution in [1.29, 1.82) is 0 Å². The highest BCUT2D eigenvalue weighted by molar-refractivity contribution is 5.71. The Morgan fingerprint density at radius 3 is 0.803 bits per heavy atom. The van der Waals surface area contributed by atoms with Gasteiger partial charge in [0.05, 0.1) is 0 Å². The zero-order valence-corrected chi connectivity index (χ0v) is 49.5. The molecule has 0 aliphatic carbocycles. The second-order valence-electron chi connectivity index (χ2n) is 20.6. The molecule has 6 heteroatoms. The summed E-state index contributed by atoms with van der Waals surface area (Å²) in [6.07, 6.45) is 88.0. The lowest BCUT2D eigenvalue weighted by atomic mass is 10.0. The Labute approximate surface area is 469 Å². The molecule has 0 aromatic heterocycles. The minimum atomic E-state index is -0.786. The Hall–Kier alpha value is -4.19. The van der Waals surface area contributed by atoms with E-state index in [4.69, 9.17) is 14.2 Å². The van der Waals surface area contributed by atoms with E-state index in [0.29, 0.717) is 19.3 Å². The topological polar surface area (TPSA) is 78.9 Å². The Bertz CT molecular complexity index is 1590. The number of hydrogen-bond donors (Lipinski definition) is 0. The Kier molecular flexibility index (Phi) is 59.9. The maximum absolute atomic E-state index is 12.8. The van der Waals surface area contributed by atoms with Crippen molar-refractivity contribution in [3.05, 3.63) is 122 Å². The lowest BCUT2D eigenvalue weighted by Gasteiger charge is -2.18. The van der Waals surface area contributed by atoms with Gasteiger partial charge in [-0.1, -0.05) is 290 Å². The van der Waals surface area contributed by atoms with Crippen molar-refractivity contribution < 1.29 is 28.6 Å². The SMILES string of the molecule is CC/C=C\C/C=C\C/C=C\C/C=C\C/C=C\C/C=C\C/C=C\C/C=C\C/C=C\C/C=C\CCCCCCC(=O)OCC(COC(=O)CCCCCCCCC)OC(=O)CCCCCCCCCCCCCCCCCC. The van der Waals surface area contributed by atoms with Crippen LogP contribution in [0.2, 0.25) is 0 Å². The fraction of sp³-hybridized carbons (Fsp3) is 0.671. The van der Waals surface area contributed by atoms with E-state index < -0.39 is 6.10 Å². The van der Waals surface area contributed by atoms with E-state index in [9.17, 15) is 14.4 Å². The van der Waals surface area contributed by atoms with Crippen LogP contribution in [0.5, 0.6) is 0 Å². The van der Waals surface area contributed by atoms with Crippen molar-refractivity contribution in [3.8, 4) is 0 Å².